The number of carboxylic acid groups (broad SMARTS) is 1. The molecule has 2 aliphatic heterocycles. The third kappa shape index (κ3) is 3.24. The Bertz CT molecular complexity index is 839. The van der Waals surface area contributed by atoms with E-state index in [-0.39, 0.29) is 16.9 Å². The number of imide groups is 1. The summed E-state index contributed by atoms with van der Waals surface area (Å²) in [6, 6.07) is 4.44. The molecule has 2 N–H and O–H groups in total. The van der Waals surface area contributed by atoms with Crippen LogP contribution in [-0.2, 0) is 9.59 Å². The van der Waals surface area contributed by atoms with Crippen molar-refractivity contribution >= 4 is 35.3 Å². The lowest BCUT2D eigenvalue weighted by atomic mass is 9.85. The number of carboxylic acids is 1. The van der Waals surface area contributed by atoms with Gasteiger partial charge in [0.1, 0.15) is 12.1 Å². The Morgan fingerprint density at radius 2 is 1.64 bits per heavy atom. The van der Waals surface area contributed by atoms with Crippen LogP contribution < -0.4 is 5.32 Å². The van der Waals surface area contributed by atoms with Gasteiger partial charge in [-0.2, -0.15) is 0 Å². The molecule has 28 heavy (non-hydrogen) atoms. The Hall–Kier alpha value is -2.19. The highest BCUT2D eigenvalue weighted by Crippen LogP contribution is 2.42. The number of nitrogens with zero attached hydrogens (tertiary/aromatic N) is 1. The van der Waals surface area contributed by atoms with E-state index in [1.807, 2.05) is 0 Å². The molecule has 1 aromatic rings. The van der Waals surface area contributed by atoms with Gasteiger partial charge in [-0.3, -0.25) is 29.4 Å². The largest absolute Gasteiger partial charge is 0.480 e. The molecule has 1 saturated heterocycles. The van der Waals surface area contributed by atoms with Gasteiger partial charge in [-0.15, -0.1) is 11.8 Å². The van der Waals surface area contributed by atoms with Crippen LogP contribution >= 0.6 is 11.8 Å². The molecule has 2 amide bonds. The molecule has 0 aliphatic carbocycles. The summed E-state index contributed by atoms with van der Waals surface area (Å²) in [7, 11) is 0. The maximum Gasteiger partial charge on any atom is 0.322 e. The number of fused-ring (bicyclic) bond motifs is 1. The number of amides is 2. The van der Waals surface area contributed by atoms with Crippen molar-refractivity contribution in [2.24, 2.45) is 5.41 Å². The van der Waals surface area contributed by atoms with Crippen LogP contribution in [0, 0.1) is 5.41 Å². The molecule has 2 heterocycles. The number of rotatable bonds is 4. The molecule has 0 bridgehead atoms. The molecule has 0 saturated carbocycles. The lowest BCUT2D eigenvalue weighted by Crippen LogP contribution is -2.57. The average molecular weight is 404 g/mol. The van der Waals surface area contributed by atoms with E-state index in [9.17, 15) is 24.3 Å². The van der Waals surface area contributed by atoms with E-state index in [1.165, 1.54) is 11.8 Å². The molecule has 2 aliphatic rings. The molecule has 0 spiro atoms. The third-order valence-corrected chi connectivity index (χ3v) is 6.59. The van der Waals surface area contributed by atoms with Crippen molar-refractivity contribution < 1.29 is 24.3 Å². The van der Waals surface area contributed by atoms with Crippen LogP contribution in [0.5, 0.6) is 0 Å². The zero-order valence-electron chi connectivity index (χ0n) is 16.5. The highest BCUT2D eigenvalue weighted by molar-refractivity contribution is 8.01. The summed E-state index contributed by atoms with van der Waals surface area (Å²) in [5, 5.41) is 11.8. The van der Waals surface area contributed by atoms with Gasteiger partial charge in [0.05, 0.1) is 16.5 Å². The first kappa shape index (κ1) is 20.5. The smallest absolute Gasteiger partial charge is 0.322 e. The van der Waals surface area contributed by atoms with Crippen molar-refractivity contribution in [2.75, 3.05) is 0 Å². The fourth-order valence-corrected chi connectivity index (χ4v) is 5.15. The second-order valence-corrected chi connectivity index (χ2v) is 10.5. The summed E-state index contributed by atoms with van der Waals surface area (Å²) in [4.78, 5) is 52.0. The minimum atomic E-state index is -1.11. The van der Waals surface area contributed by atoms with Crippen LogP contribution in [0.2, 0.25) is 0 Å². The predicted molar refractivity (Wildman–Crippen MR) is 105 cm³/mol. The Balaban J connectivity index is 2.06. The second-order valence-electron chi connectivity index (χ2n) is 8.66. The Morgan fingerprint density at radius 3 is 2.04 bits per heavy atom. The zero-order chi connectivity index (χ0) is 21.0. The van der Waals surface area contributed by atoms with Gasteiger partial charge >= 0.3 is 5.97 Å². The van der Waals surface area contributed by atoms with Crippen molar-refractivity contribution in [3.63, 3.8) is 0 Å². The maximum atomic E-state index is 13.3. The average Bonchev–Trinajstić information content (AvgIpc) is 3.03. The molecule has 3 atom stereocenters. The van der Waals surface area contributed by atoms with Crippen LogP contribution in [0.4, 0.5) is 0 Å². The minimum absolute atomic E-state index is 0.260. The lowest BCUT2D eigenvalue weighted by molar-refractivity contribution is -0.140. The molecule has 7 nitrogen and oxygen atoms in total. The summed E-state index contributed by atoms with van der Waals surface area (Å²) in [6.07, 6.45) is 0. The number of nitrogens with one attached hydrogen (secondary N) is 1. The first-order chi connectivity index (χ1) is 12.9. The van der Waals surface area contributed by atoms with Crippen LogP contribution in [0.1, 0.15) is 55.3 Å². The molecule has 0 aromatic heterocycles. The molecule has 150 valence electrons. The summed E-state index contributed by atoms with van der Waals surface area (Å²) in [6.45, 7) is 8.70. The number of carbonyl (C=O) groups excluding carboxylic acids is 3. The highest BCUT2D eigenvalue weighted by atomic mass is 32.2. The molecular formula is C20H24N2O5S. The van der Waals surface area contributed by atoms with Crippen LogP contribution in [0.15, 0.2) is 24.3 Å². The number of hydrogen-bond acceptors (Lipinski definition) is 6. The quantitative estimate of drug-likeness (QED) is 0.741. The van der Waals surface area contributed by atoms with Gasteiger partial charge in [-0.1, -0.05) is 32.9 Å². The highest BCUT2D eigenvalue weighted by Gasteiger charge is 2.55. The molecule has 3 rings (SSSR count). The topological polar surface area (TPSA) is 104 Å². The Labute approximate surface area is 167 Å². The normalized spacial score (nSPS) is 25.0. The van der Waals surface area contributed by atoms with Crippen molar-refractivity contribution in [1.82, 2.24) is 10.2 Å². The van der Waals surface area contributed by atoms with Gasteiger partial charge in [0, 0.05) is 10.2 Å². The van der Waals surface area contributed by atoms with E-state index in [2.05, 4.69) is 5.32 Å². The van der Waals surface area contributed by atoms with Gasteiger partial charge < -0.3 is 5.11 Å². The first-order valence-electron chi connectivity index (χ1n) is 9.04. The molecule has 0 radical (unpaired) electrons. The summed E-state index contributed by atoms with van der Waals surface area (Å²) >= 11 is 1.27. The lowest BCUT2D eigenvalue weighted by Gasteiger charge is -2.34. The fourth-order valence-electron chi connectivity index (χ4n) is 3.61. The zero-order valence-corrected chi connectivity index (χ0v) is 17.3. The van der Waals surface area contributed by atoms with Crippen LogP contribution in [0.25, 0.3) is 0 Å². The third-order valence-electron chi connectivity index (χ3n) is 5.10. The number of Topliss-reactive ketones (excluding diaryl/α,β-unsaturated/α-hetero) is 1. The number of thioether (sulfide) groups is 1. The molecule has 1 aromatic carbocycles. The monoisotopic (exact) mass is 404 g/mol. The van der Waals surface area contributed by atoms with Gasteiger partial charge in [-0.05, 0) is 26.0 Å². The van der Waals surface area contributed by atoms with Crippen molar-refractivity contribution in [3.05, 3.63) is 35.4 Å². The Kier molecular flexibility index (Phi) is 4.92. The van der Waals surface area contributed by atoms with Gasteiger partial charge in [0.25, 0.3) is 11.8 Å². The summed E-state index contributed by atoms with van der Waals surface area (Å²) in [5.74, 6) is -2.39. The first-order valence-corrected chi connectivity index (χ1v) is 9.92. The van der Waals surface area contributed by atoms with E-state index in [0.29, 0.717) is 0 Å². The minimum Gasteiger partial charge on any atom is -0.480 e. The van der Waals surface area contributed by atoms with E-state index >= 15 is 0 Å². The predicted octanol–water partition coefficient (Wildman–Crippen LogP) is 2.16. The Morgan fingerprint density at radius 1 is 1.14 bits per heavy atom. The van der Waals surface area contributed by atoms with E-state index in [0.717, 1.165) is 4.90 Å². The van der Waals surface area contributed by atoms with Crippen LogP contribution in [0.3, 0.4) is 0 Å². The number of benzene rings is 1. The van der Waals surface area contributed by atoms with Crippen molar-refractivity contribution in [1.29, 1.82) is 0 Å². The van der Waals surface area contributed by atoms with Gasteiger partial charge in [-0.25, -0.2) is 0 Å². The number of carbonyl (C=O) groups is 4. The van der Waals surface area contributed by atoms with E-state index < -0.39 is 45.4 Å². The van der Waals surface area contributed by atoms with Gasteiger partial charge in [0.15, 0.2) is 5.78 Å². The van der Waals surface area contributed by atoms with Crippen LogP contribution in [-0.4, -0.2) is 55.8 Å². The maximum absolute atomic E-state index is 13.3. The van der Waals surface area contributed by atoms with Crippen molar-refractivity contribution in [2.45, 2.75) is 56.8 Å². The number of aliphatic carboxylic acids is 1. The van der Waals surface area contributed by atoms with Gasteiger partial charge in [0.2, 0.25) is 0 Å². The van der Waals surface area contributed by atoms with E-state index in [4.69, 9.17) is 0 Å². The summed E-state index contributed by atoms with van der Waals surface area (Å²) < 4.78 is -0.717. The standard InChI is InChI=1S/C20H24N2O5S/c1-19(2,3)14(23)12(15-21-13(18(26)27)20(4,5)28-15)22-16(24)10-8-6-7-9-11(10)17(22)25/h6-9,12-13,15,21H,1-5H3,(H,26,27)/t12?,13-,15?/m0/s1. The molecule has 2 unspecified atom stereocenters. The fraction of sp³-hybridized carbons (Fsp3) is 0.500. The second kappa shape index (κ2) is 6.70. The number of ketones is 1. The molecule has 8 heteroatoms. The molecule has 1 fully saturated rings. The molecular weight excluding hydrogens is 380 g/mol. The SMILES string of the molecule is CC(C)(C)C(=O)C(C1N[C@@H](C(=O)O)C(C)(C)S1)N1C(=O)c2ccccc2C1=O. The van der Waals surface area contributed by atoms with Crippen molar-refractivity contribution in [3.8, 4) is 0 Å². The summed E-state index contributed by atoms with van der Waals surface area (Å²) in [5.41, 5.74) is -0.305. The van der Waals surface area contributed by atoms with E-state index in [1.54, 1.807) is 58.9 Å². The number of hydrogen-bond donors (Lipinski definition) is 2.